The van der Waals surface area contributed by atoms with Gasteiger partial charge in [-0.25, -0.2) is 0 Å². The monoisotopic (exact) mass is 347 g/mol. The highest BCUT2D eigenvalue weighted by Crippen LogP contribution is 2.52. The van der Waals surface area contributed by atoms with Crippen molar-refractivity contribution in [2.45, 2.75) is 58.1 Å². The van der Waals surface area contributed by atoms with Gasteiger partial charge in [0.2, 0.25) is 0 Å². The van der Waals surface area contributed by atoms with Gasteiger partial charge in [0.1, 0.15) is 5.75 Å². The second-order valence-electron chi connectivity index (χ2n) is 8.18. The first-order chi connectivity index (χ1) is 12.5. The van der Waals surface area contributed by atoms with Gasteiger partial charge in [0, 0.05) is 5.92 Å². The van der Waals surface area contributed by atoms with Gasteiger partial charge in [0.25, 0.3) is 0 Å². The first-order valence-corrected chi connectivity index (χ1v) is 9.87. The molecule has 2 aliphatic rings. The van der Waals surface area contributed by atoms with Crippen LogP contribution in [0.15, 0.2) is 54.6 Å². The molecule has 0 bridgehead atoms. The van der Waals surface area contributed by atoms with E-state index < -0.39 is 0 Å². The molecule has 0 spiro atoms. The number of para-hydroxylation sites is 1. The lowest BCUT2D eigenvalue weighted by Crippen LogP contribution is -2.29. The summed E-state index contributed by atoms with van der Waals surface area (Å²) in [7, 11) is 0. The topological polar surface area (TPSA) is 21.3 Å². The highest BCUT2D eigenvalue weighted by molar-refractivity contribution is 5.67. The predicted octanol–water partition coefficient (Wildman–Crippen LogP) is 6.42. The highest BCUT2D eigenvalue weighted by Gasteiger charge is 2.39. The summed E-state index contributed by atoms with van der Waals surface area (Å²) in [4.78, 5) is 0. The van der Waals surface area contributed by atoms with Crippen LogP contribution in [-0.4, -0.2) is 6.10 Å². The molecule has 4 rings (SSSR count). The number of fused-ring (bicyclic) bond motifs is 3. The number of hydrogen-bond acceptors (Lipinski definition) is 2. The van der Waals surface area contributed by atoms with E-state index in [0.717, 1.165) is 12.2 Å². The molecule has 2 heteroatoms. The normalized spacial score (nSPS) is 23.7. The van der Waals surface area contributed by atoms with E-state index in [2.05, 4.69) is 87.6 Å². The van der Waals surface area contributed by atoms with Crippen molar-refractivity contribution in [3.8, 4) is 5.75 Å². The minimum atomic E-state index is 0.170. The molecule has 2 aromatic carbocycles. The smallest absolute Gasteiger partial charge is 0.143 e. The minimum Gasteiger partial charge on any atom is -0.489 e. The van der Waals surface area contributed by atoms with Crippen molar-refractivity contribution in [3.63, 3.8) is 0 Å². The first kappa shape index (κ1) is 17.2. The van der Waals surface area contributed by atoms with Crippen LogP contribution in [0.4, 0.5) is 5.69 Å². The van der Waals surface area contributed by atoms with Gasteiger partial charge in [-0.2, -0.15) is 0 Å². The second-order valence-corrected chi connectivity index (χ2v) is 8.18. The average molecular weight is 348 g/mol. The molecule has 1 heterocycles. The Morgan fingerprint density at radius 3 is 2.46 bits per heavy atom. The van der Waals surface area contributed by atoms with E-state index in [-0.39, 0.29) is 6.10 Å². The maximum absolute atomic E-state index is 6.11. The molecular formula is C24H29NO. The third-order valence-electron chi connectivity index (χ3n) is 5.68. The van der Waals surface area contributed by atoms with Gasteiger partial charge in [-0.05, 0) is 54.9 Å². The number of hydrogen-bond donors (Lipinski definition) is 1. The number of benzene rings is 2. The van der Waals surface area contributed by atoms with Crippen molar-refractivity contribution < 1.29 is 4.74 Å². The number of nitrogens with one attached hydrogen (secondary N) is 1. The summed E-state index contributed by atoms with van der Waals surface area (Å²) >= 11 is 0. The lowest BCUT2D eigenvalue weighted by Gasteiger charge is -2.38. The summed E-state index contributed by atoms with van der Waals surface area (Å²) in [6.07, 6.45) is 6.03. The van der Waals surface area contributed by atoms with E-state index >= 15 is 0 Å². The van der Waals surface area contributed by atoms with Crippen LogP contribution in [-0.2, 0) is 0 Å². The lowest BCUT2D eigenvalue weighted by atomic mass is 9.76. The van der Waals surface area contributed by atoms with Gasteiger partial charge in [-0.15, -0.1) is 0 Å². The van der Waals surface area contributed by atoms with E-state index in [4.69, 9.17) is 4.74 Å². The first-order valence-electron chi connectivity index (χ1n) is 9.87. The van der Waals surface area contributed by atoms with Crippen molar-refractivity contribution in [1.82, 2.24) is 0 Å². The molecule has 3 unspecified atom stereocenters. The van der Waals surface area contributed by atoms with Crippen molar-refractivity contribution in [3.05, 3.63) is 71.3 Å². The van der Waals surface area contributed by atoms with Crippen LogP contribution in [0.5, 0.6) is 5.75 Å². The maximum atomic E-state index is 6.11. The largest absolute Gasteiger partial charge is 0.489 e. The van der Waals surface area contributed by atoms with Crippen molar-refractivity contribution >= 4 is 5.69 Å². The van der Waals surface area contributed by atoms with Crippen molar-refractivity contribution in [1.29, 1.82) is 0 Å². The van der Waals surface area contributed by atoms with Crippen molar-refractivity contribution in [2.24, 2.45) is 5.92 Å². The van der Waals surface area contributed by atoms with Crippen LogP contribution in [0.3, 0.4) is 0 Å². The molecule has 136 valence electrons. The molecular weight excluding hydrogens is 318 g/mol. The summed E-state index contributed by atoms with van der Waals surface area (Å²) < 4.78 is 6.11. The molecule has 0 radical (unpaired) electrons. The zero-order chi connectivity index (χ0) is 18.3. The van der Waals surface area contributed by atoms with Gasteiger partial charge in [-0.3, -0.25) is 0 Å². The van der Waals surface area contributed by atoms with E-state index in [9.17, 15) is 0 Å². The molecule has 0 amide bonds. The summed E-state index contributed by atoms with van der Waals surface area (Å²) in [5.41, 5.74) is 5.32. The van der Waals surface area contributed by atoms with Crippen LogP contribution in [0.25, 0.3) is 0 Å². The standard InChI is InChI=1S/C24H29NO/c1-15(2)17-11-13-18(14-12-17)23-20-8-5-7-19(20)21-9-6-10-22(24(21)25-23)26-16(3)4/h5-7,9-16,19-20,23,25H,8H2,1-4H3. The molecule has 1 N–H and O–H groups in total. The number of ether oxygens (including phenoxy) is 1. The maximum Gasteiger partial charge on any atom is 0.143 e. The molecule has 3 atom stereocenters. The molecule has 0 fully saturated rings. The summed E-state index contributed by atoms with van der Waals surface area (Å²) in [5.74, 6) is 2.58. The SMILES string of the molecule is CC(C)Oc1cccc2c1NC(c1ccc(C(C)C)cc1)C1CC=CC21. The van der Waals surface area contributed by atoms with Crippen molar-refractivity contribution in [2.75, 3.05) is 5.32 Å². The lowest BCUT2D eigenvalue weighted by molar-refractivity contribution is 0.242. The van der Waals surface area contributed by atoms with Crippen LogP contribution < -0.4 is 10.1 Å². The Morgan fingerprint density at radius 1 is 1.00 bits per heavy atom. The zero-order valence-electron chi connectivity index (χ0n) is 16.2. The number of anilines is 1. The van der Waals surface area contributed by atoms with E-state index in [1.165, 1.54) is 22.4 Å². The minimum absolute atomic E-state index is 0.170. The fraction of sp³-hybridized carbons (Fsp3) is 0.417. The van der Waals surface area contributed by atoms with E-state index in [0.29, 0.717) is 23.8 Å². The third kappa shape index (κ3) is 3.02. The molecule has 1 aliphatic carbocycles. The summed E-state index contributed by atoms with van der Waals surface area (Å²) in [6.45, 7) is 8.67. The third-order valence-corrected chi connectivity index (χ3v) is 5.68. The van der Waals surface area contributed by atoms with Crippen LogP contribution in [0.1, 0.15) is 68.7 Å². The van der Waals surface area contributed by atoms with Gasteiger partial charge in [0.15, 0.2) is 0 Å². The predicted molar refractivity (Wildman–Crippen MR) is 109 cm³/mol. The molecule has 0 saturated heterocycles. The Labute approximate surface area is 157 Å². The molecule has 2 aromatic rings. The molecule has 1 aliphatic heterocycles. The molecule has 0 aromatic heterocycles. The summed E-state index contributed by atoms with van der Waals surface area (Å²) in [6, 6.07) is 16.0. The van der Waals surface area contributed by atoms with E-state index in [1.807, 2.05) is 0 Å². The van der Waals surface area contributed by atoms with Gasteiger partial charge < -0.3 is 10.1 Å². The second kappa shape index (κ2) is 6.83. The molecule has 26 heavy (non-hydrogen) atoms. The fourth-order valence-corrected chi connectivity index (χ4v) is 4.36. The Hall–Kier alpha value is -2.22. The number of allylic oxidation sites excluding steroid dienone is 2. The van der Waals surface area contributed by atoms with Gasteiger partial charge in [-0.1, -0.05) is 62.4 Å². The van der Waals surface area contributed by atoms with Crippen LogP contribution >= 0.6 is 0 Å². The Balaban J connectivity index is 1.73. The zero-order valence-corrected chi connectivity index (χ0v) is 16.2. The molecule has 0 saturated carbocycles. The van der Waals surface area contributed by atoms with E-state index in [1.54, 1.807) is 0 Å². The Bertz CT molecular complexity index is 803. The fourth-order valence-electron chi connectivity index (χ4n) is 4.36. The Morgan fingerprint density at radius 2 is 1.77 bits per heavy atom. The quantitative estimate of drug-likeness (QED) is 0.644. The molecule has 2 nitrogen and oxygen atoms in total. The highest BCUT2D eigenvalue weighted by atomic mass is 16.5. The summed E-state index contributed by atoms with van der Waals surface area (Å²) in [5, 5.41) is 3.84. The average Bonchev–Trinajstić information content (AvgIpc) is 3.11. The number of rotatable bonds is 4. The van der Waals surface area contributed by atoms with Gasteiger partial charge in [0.05, 0.1) is 17.8 Å². The van der Waals surface area contributed by atoms with Gasteiger partial charge >= 0.3 is 0 Å². The van der Waals surface area contributed by atoms with Crippen LogP contribution in [0, 0.1) is 5.92 Å². The Kier molecular flexibility index (Phi) is 4.52. The van der Waals surface area contributed by atoms with Crippen LogP contribution in [0.2, 0.25) is 0 Å².